The van der Waals surface area contributed by atoms with Gasteiger partial charge in [-0.1, -0.05) is 54.1 Å². The Balaban J connectivity index is 1.42. The maximum Gasteiger partial charge on any atom is 0.411 e. The SMILES string of the molecule is NC1(c2cccc(NC(=O)c3cc(Cl)cc(NC(=O)OCc4ccccc4)c3)c2)CCOCC1. The van der Waals surface area contributed by atoms with Gasteiger partial charge in [0.05, 0.1) is 0 Å². The van der Waals surface area contributed by atoms with Crippen LogP contribution < -0.4 is 16.4 Å². The summed E-state index contributed by atoms with van der Waals surface area (Å²) in [6, 6.07) is 21.5. The lowest BCUT2D eigenvalue weighted by atomic mass is 9.83. The van der Waals surface area contributed by atoms with E-state index >= 15 is 0 Å². The molecule has 176 valence electrons. The third kappa shape index (κ3) is 6.14. The van der Waals surface area contributed by atoms with E-state index in [1.165, 1.54) is 12.1 Å². The largest absolute Gasteiger partial charge is 0.444 e. The van der Waals surface area contributed by atoms with Crippen LogP contribution in [-0.2, 0) is 21.6 Å². The van der Waals surface area contributed by atoms with E-state index < -0.39 is 11.6 Å². The molecule has 0 aliphatic carbocycles. The second-order valence-electron chi connectivity index (χ2n) is 8.22. The van der Waals surface area contributed by atoms with Crippen molar-refractivity contribution in [3.05, 3.63) is 94.5 Å². The molecular weight excluding hydrogens is 454 g/mol. The number of carbonyl (C=O) groups is 2. The number of nitrogens with two attached hydrogens (primary N) is 1. The summed E-state index contributed by atoms with van der Waals surface area (Å²) in [5.74, 6) is -0.363. The van der Waals surface area contributed by atoms with Crippen LogP contribution in [0.2, 0.25) is 5.02 Å². The summed E-state index contributed by atoms with van der Waals surface area (Å²) in [6.45, 7) is 1.35. The Kier molecular flexibility index (Phi) is 7.47. The highest BCUT2D eigenvalue weighted by Crippen LogP contribution is 2.31. The van der Waals surface area contributed by atoms with Crippen LogP contribution in [0, 0.1) is 0 Å². The summed E-state index contributed by atoms with van der Waals surface area (Å²) in [6.07, 6.45) is 0.789. The Morgan fingerprint density at radius 3 is 2.47 bits per heavy atom. The number of hydrogen-bond acceptors (Lipinski definition) is 5. The van der Waals surface area contributed by atoms with Crippen molar-refractivity contribution in [2.75, 3.05) is 23.8 Å². The van der Waals surface area contributed by atoms with Crippen LogP contribution in [0.25, 0.3) is 0 Å². The van der Waals surface area contributed by atoms with Crippen molar-refractivity contribution >= 4 is 35.0 Å². The van der Waals surface area contributed by atoms with E-state index in [9.17, 15) is 9.59 Å². The number of ether oxygens (including phenoxy) is 2. The fraction of sp³-hybridized carbons (Fsp3) is 0.231. The molecule has 34 heavy (non-hydrogen) atoms. The van der Waals surface area contributed by atoms with Crippen LogP contribution in [0.5, 0.6) is 0 Å². The zero-order valence-electron chi connectivity index (χ0n) is 18.6. The summed E-state index contributed by atoms with van der Waals surface area (Å²) in [5.41, 5.74) is 9.18. The second-order valence-corrected chi connectivity index (χ2v) is 8.66. The maximum atomic E-state index is 12.9. The molecule has 1 aliphatic heterocycles. The molecule has 1 saturated heterocycles. The van der Waals surface area contributed by atoms with E-state index in [0.29, 0.717) is 48.0 Å². The second kappa shape index (κ2) is 10.7. The summed E-state index contributed by atoms with van der Waals surface area (Å²) >= 11 is 6.20. The number of halogens is 1. The molecular formula is C26H26ClN3O4. The highest BCUT2D eigenvalue weighted by atomic mass is 35.5. The van der Waals surface area contributed by atoms with Crippen LogP contribution in [0.15, 0.2) is 72.8 Å². The van der Waals surface area contributed by atoms with Crippen molar-refractivity contribution in [1.82, 2.24) is 0 Å². The minimum absolute atomic E-state index is 0.131. The van der Waals surface area contributed by atoms with Crippen LogP contribution in [0.1, 0.15) is 34.3 Å². The molecule has 0 spiro atoms. The number of benzene rings is 3. The molecule has 1 heterocycles. The van der Waals surface area contributed by atoms with E-state index in [4.69, 9.17) is 26.8 Å². The van der Waals surface area contributed by atoms with Gasteiger partial charge in [0.15, 0.2) is 0 Å². The number of hydrogen-bond donors (Lipinski definition) is 3. The standard InChI is InChI=1S/C26H26ClN3O4/c27-21-13-19(14-23(16-21)30-25(32)34-17-18-5-2-1-3-6-18)24(31)29-22-8-4-7-20(15-22)26(28)9-11-33-12-10-26/h1-8,13-16H,9-12,17,28H2,(H,29,31)(H,30,32). The summed E-state index contributed by atoms with van der Waals surface area (Å²) < 4.78 is 10.7. The van der Waals surface area contributed by atoms with Gasteiger partial charge < -0.3 is 20.5 Å². The number of nitrogens with one attached hydrogen (secondary N) is 2. The lowest BCUT2D eigenvalue weighted by Crippen LogP contribution is -2.42. The fourth-order valence-electron chi connectivity index (χ4n) is 3.80. The third-order valence-electron chi connectivity index (χ3n) is 5.70. The molecule has 0 atom stereocenters. The van der Waals surface area contributed by atoms with Crippen molar-refractivity contribution in [2.45, 2.75) is 25.0 Å². The molecule has 2 amide bonds. The maximum absolute atomic E-state index is 12.9. The average molecular weight is 480 g/mol. The first-order valence-electron chi connectivity index (χ1n) is 11.0. The van der Waals surface area contributed by atoms with Crippen molar-refractivity contribution in [2.24, 2.45) is 5.73 Å². The molecule has 0 bridgehead atoms. The smallest absolute Gasteiger partial charge is 0.411 e. The number of carbonyl (C=O) groups excluding carboxylic acids is 2. The summed E-state index contributed by atoms with van der Waals surface area (Å²) in [7, 11) is 0. The minimum atomic E-state index is -0.644. The highest BCUT2D eigenvalue weighted by molar-refractivity contribution is 6.31. The van der Waals surface area contributed by atoms with Gasteiger partial charge in [-0.2, -0.15) is 0 Å². The molecule has 4 N–H and O–H groups in total. The normalized spacial score (nSPS) is 14.8. The van der Waals surface area contributed by atoms with Gasteiger partial charge in [-0.15, -0.1) is 0 Å². The molecule has 3 aromatic rings. The van der Waals surface area contributed by atoms with E-state index in [2.05, 4.69) is 10.6 Å². The van der Waals surface area contributed by atoms with Gasteiger partial charge in [0.2, 0.25) is 0 Å². The van der Waals surface area contributed by atoms with Gasteiger partial charge in [0.25, 0.3) is 5.91 Å². The zero-order valence-corrected chi connectivity index (χ0v) is 19.3. The van der Waals surface area contributed by atoms with E-state index in [-0.39, 0.29) is 12.5 Å². The Bertz CT molecular complexity index is 1160. The van der Waals surface area contributed by atoms with Crippen molar-refractivity contribution in [3.8, 4) is 0 Å². The average Bonchev–Trinajstić information content (AvgIpc) is 2.84. The number of amides is 2. The van der Waals surface area contributed by atoms with Gasteiger partial charge in [-0.05, 0) is 54.3 Å². The topological polar surface area (TPSA) is 103 Å². The Morgan fingerprint density at radius 1 is 0.941 bits per heavy atom. The van der Waals surface area contributed by atoms with E-state index in [0.717, 1.165) is 11.1 Å². The molecule has 4 rings (SSSR count). The first-order chi connectivity index (χ1) is 16.4. The summed E-state index contributed by atoms with van der Waals surface area (Å²) in [5, 5.41) is 5.80. The molecule has 0 aromatic heterocycles. The van der Waals surface area contributed by atoms with Gasteiger partial charge >= 0.3 is 6.09 Å². The van der Waals surface area contributed by atoms with Crippen LogP contribution in [-0.4, -0.2) is 25.2 Å². The number of rotatable bonds is 6. The van der Waals surface area contributed by atoms with Crippen LogP contribution in [0.3, 0.4) is 0 Å². The monoisotopic (exact) mass is 479 g/mol. The Morgan fingerprint density at radius 2 is 1.71 bits per heavy atom. The molecule has 1 aliphatic rings. The molecule has 0 unspecified atom stereocenters. The lowest BCUT2D eigenvalue weighted by molar-refractivity contribution is 0.0522. The van der Waals surface area contributed by atoms with Gasteiger partial charge in [-0.25, -0.2) is 4.79 Å². The Labute approximate surface area is 203 Å². The predicted octanol–water partition coefficient (Wildman–Crippen LogP) is 5.31. The van der Waals surface area contributed by atoms with E-state index in [1.807, 2.05) is 48.5 Å². The van der Waals surface area contributed by atoms with Crippen LogP contribution >= 0.6 is 11.6 Å². The van der Waals surface area contributed by atoms with E-state index in [1.54, 1.807) is 12.1 Å². The van der Waals surface area contributed by atoms with Gasteiger partial charge in [-0.3, -0.25) is 10.1 Å². The van der Waals surface area contributed by atoms with Crippen LogP contribution in [0.4, 0.5) is 16.2 Å². The molecule has 7 nitrogen and oxygen atoms in total. The van der Waals surface area contributed by atoms with Crippen molar-refractivity contribution < 1.29 is 19.1 Å². The molecule has 1 fully saturated rings. The molecule has 3 aromatic carbocycles. The highest BCUT2D eigenvalue weighted by Gasteiger charge is 2.30. The summed E-state index contributed by atoms with van der Waals surface area (Å²) in [4.78, 5) is 25.1. The predicted molar refractivity (Wildman–Crippen MR) is 132 cm³/mol. The fourth-order valence-corrected chi connectivity index (χ4v) is 4.04. The van der Waals surface area contributed by atoms with Crippen molar-refractivity contribution in [3.63, 3.8) is 0 Å². The first kappa shape index (κ1) is 23.8. The third-order valence-corrected chi connectivity index (χ3v) is 5.92. The minimum Gasteiger partial charge on any atom is -0.444 e. The van der Waals surface area contributed by atoms with Gasteiger partial charge in [0.1, 0.15) is 6.61 Å². The number of anilines is 2. The lowest BCUT2D eigenvalue weighted by Gasteiger charge is -2.34. The zero-order chi connectivity index (χ0) is 24.0. The van der Waals surface area contributed by atoms with Crippen molar-refractivity contribution in [1.29, 1.82) is 0 Å². The molecule has 0 radical (unpaired) electrons. The quantitative estimate of drug-likeness (QED) is 0.445. The van der Waals surface area contributed by atoms with Gasteiger partial charge in [0, 0.05) is 40.7 Å². The molecule has 8 heteroatoms. The first-order valence-corrected chi connectivity index (χ1v) is 11.4. The Hall–Kier alpha value is -3.39. The molecule has 0 saturated carbocycles.